The van der Waals surface area contributed by atoms with Gasteiger partial charge in [0.2, 0.25) is 0 Å². The Kier molecular flexibility index (Phi) is 5.84. The van der Waals surface area contributed by atoms with E-state index in [2.05, 4.69) is 0 Å². The van der Waals surface area contributed by atoms with E-state index in [4.69, 9.17) is 0 Å². The maximum absolute atomic E-state index is 14.5. The van der Waals surface area contributed by atoms with Crippen LogP contribution >= 0.6 is 0 Å². The van der Waals surface area contributed by atoms with Crippen molar-refractivity contribution < 1.29 is 18.4 Å². The van der Waals surface area contributed by atoms with Gasteiger partial charge in [0.05, 0.1) is 5.69 Å². The molecule has 2 aromatic rings. The fourth-order valence-corrected chi connectivity index (χ4v) is 3.23. The number of amides is 1. The summed E-state index contributed by atoms with van der Waals surface area (Å²) in [4.78, 5) is 27.9. The third kappa shape index (κ3) is 4.32. The van der Waals surface area contributed by atoms with E-state index in [1.807, 2.05) is 11.8 Å². The van der Waals surface area contributed by atoms with Crippen molar-refractivity contribution in [1.82, 2.24) is 4.90 Å². The summed E-state index contributed by atoms with van der Waals surface area (Å²) in [6, 6.07) is 10.1. The van der Waals surface area contributed by atoms with Crippen molar-refractivity contribution in [2.45, 2.75) is 19.8 Å². The zero-order valence-corrected chi connectivity index (χ0v) is 15.3. The molecule has 27 heavy (non-hydrogen) atoms. The number of hydrogen-bond donors (Lipinski definition) is 0. The van der Waals surface area contributed by atoms with Crippen LogP contribution in [0.25, 0.3) is 0 Å². The first-order valence-corrected chi connectivity index (χ1v) is 9.12. The number of piperazine rings is 1. The van der Waals surface area contributed by atoms with E-state index in [1.165, 1.54) is 30.3 Å². The first kappa shape index (κ1) is 19.0. The highest BCUT2D eigenvalue weighted by Gasteiger charge is 2.24. The summed E-state index contributed by atoms with van der Waals surface area (Å²) in [5.74, 6) is -1.02. The van der Waals surface area contributed by atoms with Crippen LogP contribution in [0, 0.1) is 11.6 Å². The topological polar surface area (TPSA) is 40.6 Å². The minimum absolute atomic E-state index is 0.0577. The Hall–Kier alpha value is -2.76. The largest absolute Gasteiger partial charge is 0.366 e. The SMILES string of the molecule is CCCC(=O)c1ccc(N2CCN(C(=O)c3ccc(F)cc3)CC2)c(F)c1. The summed E-state index contributed by atoms with van der Waals surface area (Å²) in [6.07, 6.45) is 1.13. The number of anilines is 1. The number of rotatable bonds is 5. The molecule has 3 rings (SSSR count). The van der Waals surface area contributed by atoms with Crippen molar-refractivity contribution in [3.63, 3.8) is 0 Å². The maximum atomic E-state index is 14.5. The van der Waals surface area contributed by atoms with Gasteiger partial charge in [0.1, 0.15) is 11.6 Å². The number of nitrogens with zero attached hydrogens (tertiary/aromatic N) is 2. The monoisotopic (exact) mass is 372 g/mol. The molecule has 1 fully saturated rings. The number of carbonyl (C=O) groups is 2. The van der Waals surface area contributed by atoms with E-state index >= 15 is 0 Å². The molecule has 0 N–H and O–H groups in total. The first-order chi connectivity index (χ1) is 13.0. The molecular formula is C21H22F2N2O2. The second-order valence-electron chi connectivity index (χ2n) is 6.63. The predicted octanol–water partition coefficient (Wildman–Crippen LogP) is 3.91. The lowest BCUT2D eigenvalue weighted by Gasteiger charge is -2.36. The molecule has 1 aliphatic rings. The molecule has 0 aliphatic carbocycles. The van der Waals surface area contributed by atoms with Gasteiger partial charge < -0.3 is 9.80 Å². The standard InChI is InChI=1S/C21H22F2N2O2/c1-2-3-20(26)16-6-9-19(18(23)14-16)24-10-12-25(13-11-24)21(27)15-4-7-17(22)8-5-15/h4-9,14H,2-3,10-13H2,1H3. The number of Topliss-reactive ketones (excluding diaryl/α,β-unsaturated/α-hetero) is 1. The molecule has 1 aliphatic heterocycles. The van der Waals surface area contributed by atoms with E-state index in [1.54, 1.807) is 17.0 Å². The van der Waals surface area contributed by atoms with E-state index < -0.39 is 5.82 Å². The normalized spacial score (nSPS) is 14.3. The maximum Gasteiger partial charge on any atom is 0.253 e. The summed E-state index contributed by atoms with van der Waals surface area (Å²) in [7, 11) is 0. The van der Waals surface area contributed by atoms with Gasteiger partial charge in [-0.2, -0.15) is 0 Å². The van der Waals surface area contributed by atoms with Gasteiger partial charge >= 0.3 is 0 Å². The van der Waals surface area contributed by atoms with Crippen molar-refractivity contribution in [2.24, 2.45) is 0 Å². The summed E-state index contributed by atoms with van der Waals surface area (Å²) >= 11 is 0. The van der Waals surface area contributed by atoms with Crippen LogP contribution in [0.5, 0.6) is 0 Å². The fourth-order valence-electron chi connectivity index (χ4n) is 3.23. The van der Waals surface area contributed by atoms with Crippen molar-refractivity contribution >= 4 is 17.4 Å². The molecule has 1 heterocycles. The quantitative estimate of drug-likeness (QED) is 0.747. The average molecular weight is 372 g/mol. The Morgan fingerprint density at radius 1 is 0.926 bits per heavy atom. The lowest BCUT2D eigenvalue weighted by atomic mass is 10.1. The van der Waals surface area contributed by atoms with Gasteiger partial charge in [-0.05, 0) is 48.9 Å². The zero-order chi connectivity index (χ0) is 19.4. The Labute approximate surface area is 157 Å². The average Bonchev–Trinajstić information content (AvgIpc) is 2.68. The molecule has 6 heteroatoms. The summed E-state index contributed by atoms with van der Waals surface area (Å²) in [5, 5.41) is 0. The van der Waals surface area contributed by atoms with E-state index in [0.29, 0.717) is 49.4 Å². The Balaban J connectivity index is 1.64. The molecule has 0 radical (unpaired) electrons. The molecule has 0 saturated carbocycles. The van der Waals surface area contributed by atoms with Crippen molar-refractivity contribution in [2.75, 3.05) is 31.1 Å². The van der Waals surface area contributed by atoms with Gasteiger partial charge in [-0.25, -0.2) is 8.78 Å². The molecule has 4 nitrogen and oxygen atoms in total. The highest BCUT2D eigenvalue weighted by atomic mass is 19.1. The van der Waals surface area contributed by atoms with Gasteiger partial charge in [0, 0.05) is 43.7 Å². The van der Waals surface area contributed by atoms with Crippen molar-refractivity contribution in [3.05, 3.63) is 65.2 Å². The van der Waals surface area contributed by atoms with Gasteiger partial charge in [0.15, 0.2) is 5.78 Å². The van der Waals surface area contributed by atoms with Crippen LogP contribution in [-0.4, -0.2) is 42.8 Å². The Morgan fingerprint density at radius 3 is 2.15 bits per heavy atom. The summed E-state index contributed by atoms with van der Waals surface area (Å²) in [6.45, 7) is 3.80. The number of ketones is 1. The summed E-state index contributed by atoms with van der Waals surface area (Å²) < 4.78 is 27.5. The third-order valence-corrected chi connectivity index (χ3v) is 4.75. The molecular weight excluding hydrogens is 350 g/mol. The Morgan fingerprint density at radius 2 is 1.56 bits per heavy atom. The van der Waals surface area contributed by atoms with Crippen LogP contribution < -0.4 is 4.90 Å². The molecule has 0 bridgehead atoms. The molecule has 0 aromatic heterocycles. The summed E-state index contributed by atoms with van der Waals surface area (Å²) in [5.41, 5.74) is 1.27. The Bertz CT molecular complexity index is 829. The second kappa shape index (κ2) is 8.29. The van der Waals surface area contributed by atoms with Crippen LogP contribution in [0.1, 0.15) is 40.5 Å². The van der Waals surface area contributed by atoms with Crippen LogP contribution in [0.3, 0.4) is 0 Å². The number of carbonyl (C=O) groups excluding carboxylic acids is 2. The lowest BCUT2D eigenvalue weighted by Crippen LogP contribution is -2.49. The van der Waals surface area contributed by atoms with Crippen molar-refractivity contribution in [3.8, 4) is 0 Å². The predicted molar refractivity (Wildman–Crippen MR) is 100 cm³/mol. The molecule has 0 unspecified atom stereocenters. The number of benzene rings is 2. The first-order valence-electron chi connectivity index (χ1n) is 9.12. The van der Waals surface area contributed by atoms with E-state index in [9.17, 15) is 18.4 Å². The molecule has 2 aromatic carbocycles. The van der Waals surface area contributed by atoms with Crippen LogP contribution in [0.4, 0.5) is 14.5 Å². The third-order valence-electron chi connectivity index (χ3n) is 4.75. The minimum Gasteiger partial charge on any atom is -0.366 e. The highest BCUT2D eigenvalue weighted by Crippen LogP contribution is 2.23. The molecule has 1 amide bonds. The van der Waals surface area contributed by atoms with Gasteiger partial charge in [-0.1, -0.05) is 6.92 Å². The second-order valence-corrected chi connectivity index (χ2v) is 6.63. The van der Waals surface area contributed by atoms with Crippen molar-refractivity contribution in [1.29, 1.82) is 0 Å². The number of hydrogen-bond acceptors (Lipinski definition) is 3. The molecule has 0 spiro atoms. The van der Waals surface area contributed by atoms with Crippen LogP contribution in [-0.2, 0) is 0 Å². The van der Waals surface area contributed by atoms with Gasteiger partial charge in [-0.15, -0.1) is 0 Å². The fraction of sp³-hybridized carbons (Fsp3) is 0.333. The van der Waals surface area contributed by atoms with E-state index in [0.717, 1.165) is 6.42 Å². The van der Waals surface area contributed by atoms with Gasteiger partial charge in [0.25, 0.3) is 5.91 Å². The zero-order valence-electron chi connectivity index (χ0n) is 15.3. The van der Waals surface area contributed by atoms with Crippen LogP contribution in [0.2, 0.25) is 0 Å². The molecule has 0 atom stereocenters. The van der Waals surface area contributed by atoms with Gasteiger partial charge in [-0.3, -0.25) is 9.59 Å². The van der Waals surface area contributed by atoms with E-state index in [-0.39, 0.29) is 17.5 Å². The lowest BCUT2D eigenvalue weighted by molar-refractivity contribution is 0.0746. The molecule has 1 saturated heterocycles. The highest BCUT2D eigenvalue weighted by molar-refractivity contribution is 5.96. The minimum atomic E-state index is -0.421. The smallest absolute Gasteiger partial charge is 0.253 e. The molecule has 142 valence electrons. The number of halogens is 2. The van der Waals surface area contributed by atoms with Crippen LogP contribution in [0.15, 0.2) is 42.5 Å².